The third kappa shape index (κ3) is 4.54. The molecule has 0 aliphatic carbocycles. The average Bonchev–Trinajstić information content (AvgIpc) is 2.78. The Morgan fingerprint density at radius 3 is 2.88 bits per heavy atom. The number of amides is 2. The number of carboxylic acids is 1. The van der Waals surface area contributed by atoms with Gasteiger partial charge in [-0.05, 0) is 6.92 Å². The van der Waals surface area contributed by atoms with Crippen LogP contribution in [0.1, 0.15) is 12.7 Å². The molecule has 0 aromatic carbocycles. The maximum Gasteiger partial charge on any atom is 0.323 e. The molecule has 1 aromatic heterocycles. The zero-order valence-corrected chi connectivity index (χ0v) is 9.64. The van der Waals surface area contributed by atoms with E-state index in [2.05, 4.69) is 15.3 Å². The molecule has 1 rings (SSSR count). The van der Waals surface area contributed by atoms with E-state index < -0.39 is 5.97 Å². The van der Waals surface area contributed by atoms with Crippen LogP contribution in [0.4, 0.5) is 4.79 Å². The molecule has 0 aliphatic heterocycles. The number of aromatic nitrogens is 2. The molecule has 0 unspecified atom stereocenters. The SMILES string of the molecule is CCN(CC(=O)O)C(=O)NCCc1ncc[nH]1. The van der Waals surface area contributed by atoms with Crippen molar-refractivity contribution in [2.45, 2.75) is 13.3 Å². The summed E-state index contributed by atoms with van der Waals surface area (Å²) in [6, 6.07) is -0.374. The number of nitrogens with zero attached hydrogens (tertiary/aromatic N) is 2. The largest absolute Gasteiger partial charge is 0.480 e. The first-order valence-corrected chi connectivity index (χ1v) is 5.36. The molecule has 0 bridgehead atoms. The Morgan fingerprint density at radius 2 is 2.35 bits per heavy atom. The van der Waals surface area contributed by atoms with Crippen LogP contribution in [0.3, 0.4) is 0 Å². The van der Waals surface area contributed by atoms with Crippen molar-refractivity contribution in [1.82, 2.24) is 20.2 Å². The normalized spacial score (nSPS) is 9.94. The first kappa shape index (κ1) is 13.0. The molecule has 7 heteroatoms. The fourth-order valence-corrected chi connectivity index (χ4v) is 1.32. The van der Waals surface area contributed by atoms with Crippen LogP contribution in [0.2, 0.25) is 0 Å². The number of hydrogen-bond acceptors (Lipinski definition) is 3. The number of aliphatic carboxylic acids is 1. The van der Waals surface area contributed by atoms with Crippen molar-refractivity contribution in [2.24, 2.45) is 0 Å². The van der Waals surface area contributed by atoms with E-state index in [1.54, 1.807) is 19.3 Å². The van der Waals surface area contributed by atoms with E-state index in [0.717, 1.165) is 5.82 Å². The van der Waals surface area contributed by atoms with Crippen LogP contribution < -0.4 is 5.32 Å². The number of H-pyrrole nitrogens is 1. The van der Waals surface area contributed by atoms with Crippen LogP contribution in [0, 0.1) is 0 Å². The predicted octanol–water partition coefficient (Wildman–Crippen LogP) is 0.0683. The lowest BCUT2D eigenvalue weighted by Gasteiger charge is -2.18. The Bertz CT molecular complexity index is 364. The number of nitrogens with one attached hydrogen (secondary N) is 2. The Labute approximate surface area is 98.8 Å². The van der Waals surface area contributed by atoms with Crippen molar-refractivity contribution in [3.63, 3.8) is 0 Å². The highest BCUT2D eigenvalue weighted by Crippen LogP contribution is 1.91. The maximum atomic E-state index is 11.6. The molecule has 0 spiro atoms. The molecule has 94 valence electrons. The molecule has 2 amide bonds. The van der Waals surface area contributed by atoms with Gasteiger partial charge in [0.2, 0.25) is 0 Å². The van der Waals surface area contributed by atoms with Gasteiger partial charge in [-0.25, -0.2) is 9.78 Å². The average molecular weight is 240 g/mol. The molecule has 3 N–H and O–H groups in total. The lowest BCUT2D eigenvalue weighted by Crippen LogP contribution is -2.43. The Kier molecular flexibility index (Phi) is 4.99. The summed E-state index contributed by atoms with van der Waals surface area (Å²) in [6.45, 7) is 2.22. The zero-order chi connectivity index (χ0) is 12.7. The molecule has 0 saturated heterocycles. The summed E-state index contributed by atoms with van der Waals surface area (Å²) < 4.78 is 0. The summed E-state index contributed by atoms with van der Waals surface area (Å²) in [5.74, 6) is -0.236. The number of carbonyl (C=O) groups excluding carboxylic acids is 1. The molecule has 17 heavy (non-hydrogen) atoms. The maximum absolute atomic E-state index is 11.6. The van der Waals surface area contributed by atoms with Crippen molar-refractivity contribution >= 4 is 12.0 Å². The third-order valence-electron chi connectivity index (χ3n) is 2.19. The van der Waals surface area contributed by atoms with Gasteiger partial charge in [-0.15, -0.1) is 0 Å². The zero-order valence-electron chi connectivity index (χ0n) is 9.64. The lowest BCUT2D eigenvalue weighted by molar-refractivity contribution is -0.137. The van der Waals surface area contributed by atoms with Gasteiger partial charge in [0.1, 0.15) is 12.4 Å². The summed E-state index contributed by atoms with van der Waals surface area (Å²) >= 11 is 0. The van der Waals surface area contributed by atoms with E-state index in [0.29, 0.717) is 19.5 Å². The summed E-state index contributed by atoms with van der Waals surface area (Å²) in [5.41, 5.74) is 0. The van der Waals surface area contributed by atoms with Gasteiger partial charge in [-0.1, -0.05) is 0 Å². The highest BCUT2D eigenvalue weighted by Gasteiger charge is 2.13. The first-order valence-electron chi connectivity index (χ1n) is 5.36. The minimum atomic E-state index is -1.02. The van der Waals surface area contributed by atoms with E-state index in [9.17, 15) is 9.59 Å². The second kappa shape index (κ2) is 6.51. The number of carbonyl (C=O) groups is 2. The smallest absolute Gasteiger partial charge is 0.323 e. The number of carboxylic acid groups (broad SMARTS) is 1. The highest BCUT2D eigenvalue weighted by molar-refractivity contribution is 5.79. The number of urea groups is 1. The van der Waals surface area contributed by atoms with Crippen LogP contribution >= 0.6 is 0 Å². The lowest BCUT2D eigenvalue weighted by atomic mass is 10.4. The minimum Gasteiger partial charge on any atom is -0.480 e. The van der Waals surface area contributed by atoms with E-state index in [-0.39, 0.29) is 12.6 Å². The molecule has 1 aromatic rings. The Hall–Kier alpha value is -2.05. The van der Waals surface area contributed by atoms with Gasteiger partial charge in [-0.3, -0.25) is 4.79 Å². The molecule has 0 atom stereocenters. The number of hydrogen-bond donors (Lipinski definition) is 3. The topological polar surface area (TPSA) is 98.3 Å². The summed E-state index contributed by atoms with van der Waals surface area (Å²) in [4.78, 5) is 30.2. The third-order valence-corrected chi connectivity index (χ3v) is 2.19. The van der Waals surface area contributed by atoms with Crippen LogP contribution in [-0.2, 0) is 11.2 Å². The number of imidazole rings is 1. The van der Waals surface area contributed by atoms with Gasteiger partial charge in [0.15, 0.2) is 0 Å². The molecule has 1 heterocycles. The van der Waals surface area contributed by atoms with Crippen molar-refractivity contribution in [1.29, 1.82) is 0 Å². The van der Waals surface area contributed by atoms with Crippen molar-refractivity contribution in [3.8, 4) is 0 Å². The molecule has 0 aliphatic rings. The van der Waals surface area contributed by atoms with Gasteiger partial charge >= 0.3 is 12.0 Å². The Morgan fingerprint density at radius 1 is 1.59 bits per heavy atom. The van der Waals surface area contributed by atoms with Crippen LogP contribution in [0.15, 0.2) is 12.4 Å². The number of likely N-dealkylation sites (N-methyl/N-ethyl adjacent to an activating group) is 1. The summed E-state index contributed by atoms with van der Waals surface area (Å²) in [5, 5.41) is 11.2. The van der Waals surface area contributed by atoms with Gasteiger partial charge in [0, 0.05) is 31.9 Å². The van der Waals surface area contributed by atoms with Crippen molar-refractivity contribution in [2.75, 3.05) is 19.6 Å². The monoisotopic (exact) mass is 240 g/mol. The summed E-state index contributed by atoms with van der Waals surface area (Å²) in [6.07, 6.45) is 3.93. The highest BCUT2D eigenvalue weighted by atomic mass is 16.4. The van der Waals surface area contributed by atoms with Crippen LogP contribution in [0.25, 0.3) is 0 Å². The van der Waals surface area contributed by atoms with Crippen molar-refractivity contribution in [3.05, 3.63) is 18.2 Å². The number of rotatable bonds is 6. The van der Waals surface area contributed by atoms with E-state index >= 15 is 0 Å². The second-order valence-corrected chi connectivity index (χ2v) is 3.43. The predicted molar refractivity (Wildman–Crippen MR) is 60.6 cm³/mol. The van der Waals surface area contributed by atoms with Crippen LogP contribution in [-0.4, -0.2) is 51.6 Å². The standard InChI is InChI=1S/C10H16N4O3/c1-2-14(7-9(15)16)10(17)13-4-3-8-11-5-6-12-8/h5-6H,2-4,7H2,1H3,(H,11,12)(H,13,17)(H,15,16). The van der Waals surface area contributed by atoms with Gasteiger partial charge in [-0.2, -0.15) is 0 Å². The first-order chi connectivity index (χ1) is 8.13. The fraction of sp³-hybridized carbons (Fsp3) is 0.500. The molecular formula is C10H16N4O3. The van der Waals surface area contributed by atoms with Gasteiger partial charge in [0.05, 0.1) is 0 Å². The minimum absolute atomic E-state index is 0.289. The number of aromatic amines is 1. The van der Waals surface area contributed by atoms with Crippen molar-refractivity contribution < 1.29 is 14.7 Å². The molecule has 0 saturated carbocycles. The van der Waals surface area contributed by atoms with E-state index in [1.165, 1.54) is 4.90 Å². The molecule has 0 fully saturated rings. The quantitative estimate of drug-likeness (QED) is 0.655. The molecule has 0 radical (unpaired) electrons. The molecular weight excluding hydrogens is 224 g/mol. The fourth-order valence-electron chi connectivity index (χ4n) is 1.32. The Balaban J connectivity index is 2.29. The van der Waals surface area contributed by atoms with E-state index in [4.69, 9.17) is 5.11 Å². The van der Waals surface area contributed by atoms with Crippen LogP contribution in [0.5, 0.6) is 0 Å². The van der Waals surface area contributed by atoms with E-state index in [1.807, 2.05) is 0 Å². The summed E-state index contributed by atoms with van der Waals surface area (Å²) in [7, 11) is 0. The van der Waals surface area contributed by atoms with Gasteiger partial charge < -0.3 is 20.3 Å². The van der Waals surface area contributed by atoms with Gasteiger partial charge in [0.25, 0.3) is 0 Å². The second-order valence-electron chi connectivity index (χ2n) is 3.43. The molecule has 7 nitrogen and oxygen atoms in total.